The summed E-state index contributed by atoms with van der Waals surface area (Å²) in [6, 6.07) is 2.08. The van der Waals surface area contributed by atoms with E-state index in [1.54, 1.807) is 0 Å². The van der Waals surface area contributed by atoms with Crippen molar-refractivity contribution >= 4 is 5.82 Å². The maximum Gasteiger partial charge on any atom is 0.134 e. The second-order valence-corrected chi connectivity index (χ2v) is 5.63. The smallest absolute Gasteiger partial charge is 0.134 e. The van der Waals surface area contributed by atoms with Crippen molar-refractivity contribution in [2.75, 3.05) is 11.9 Å². The van der Waals surface area contributed by atoms with Crippen molar-refractivity contribution in [3.05, 3.63) is 17.6 Å². The SMILES string of the molecule is CCCNc1cc(CC)nc(C2CC2(C)C)n1. The maximum absolute atomic E-state index is 4.67. The predicted molar refractivity (Wildman–Crippen MR) is 71.3 cm³/mol. The molecule has 3 heteroatoms. The van der Waals surface area contributed by atoms with Gasteiger partial charge in [-0.05, 0) is 24.7 Å². The normalized spacial score (nSPS) is 21.3. The third-order valence-corrected chi connectivity index (χ3v) is 3.54. The summed E-state index contributed by atoms with van der Waals surface area (Å²) in [5.41, 5.74) is 1.55. The van der Waals surface area contributed by atoms with E-state index < -0.39 is 0 Å². The van der Waals surface area contributed by atoms with E-state index in [2.05, 4.69) is 49.0 Å². The van der Waals surface area contributed by atoms with E-state index in [0.717, 1.165) is 36.7 Å². The second kappa shape index (κ2) is 4.63. The van der Waals surface area contributed by atoms with Crippen LogP contribution >= 0.6 is 0 Å². The summed E-state index contributed by atoms with van der Waals surface area (Å²) in [7, 11) is 0. The lowest BCUT2D eigenvalue weighted by Gasteiger charge is -2.09. The molecule has 0 aromatic carbocycles. The molecule has 0 aliphatic heterocycles. The zero-order valence-electron chi connectivity index (χ0n) is 11.4. The van der Waals surface area contributed by atoms with Gasteiger partial charge in [-0.2, -0.15) is 0 Å². The molecular formula is C14H23N3. The Balaban J connectivity index is 2.20. The molecule has 1 N–H and O–H groups in total. The van der Waals surface area contributed by atoms with Gasteiger partial charge >= 0.3 is 0 Å². The third-order valence-electron chi connectivity index (χ3n) is 3.54. The Labute approximate surface area is 104 Å². The van der Waals surface area contributed by atoms with E-state index in [4.69, 9.17) is 0 Å². The zero-order chi connectivity index (χ0) is 12.5. The average Bonchev–Trinajstić information content (AvgIpc) is 2.95. The monoisotopic (exact) mass is 233 g/mol. The van der Waals surface area contributed by atoms with Crippen molar-refractivity contribution in [3.63, 3.8) is 0 Å². The quantitative estimate of drug-likeness (QED) is 0.847. The number of nitrogens with one attached hydrogen (secondary N) is 1. The fourth-order valence-electron chi connectivity index (χ4n) is 2.11. The molecular weight excluding hydrogens is 210 g/mol. The molecule has 1 aromatic heterocycles. The first-order valence-corrected chi connectivity index (χ1v) is 6.68. The fraction of sp³-hybridized carbons (Fsp3) is 0.714. The van der Waals surface area contributed by atoms with Crippen LogP contribution in [0.5, 0.6) is 0 Å². The molecule has 2 rings (SSSR count). The van der Waals surface area contributed by atoms with Crippen LogP contribution in [-0.4, -0.2) is 16.5 Å². The van der Waals surface area contributed by atoms with Gasteiger partial charge < -0.3 is 5.32 Å². The molecule has 0 saturated heterocycles. The van der Waals surface area contributed by atoms with Gasteiger partial charge in [0.2, 0.25) is 0 Å². The number of aromatic nitrogens is 2. The molecule has 0 radical (unpaired) electrons. The largest absolute Gasteiger partial charge is 0.370 e. The Morgan fingerprint density at radius 3 is 2.59 bits per heavy atom. The van der Waals surface area contributed by atoms with E-state index in [1.807, 2.05) is 0 Å². The Morgan fingerprint density at radius 1 is 1.35 bits per heavy atom. The van der Waals surface area contributed by atoms with Gasteiger partial charge in [-0.15, -0.1) is 0 Å². The minimum atomic E-state index is 0.397. The number of hydrogen-bond donors (Lipinski definition) is 1. The lowest BCUT2D eigenvalue weighted by atomic mass is 10.1. The van der Waals surface area contributed by atoms with Gasteiger partial charge in [-0.1, -0.05) is 27.7 Å². The summed E-state index contributed by atoms with van der Waals surface area (Å²) in [6.07, 6.45) is 3.31. The fourth-order valence-corrected chi connectivity index (χ4v) is 2.11. The Hall–Kier alpha value is -1.12. The lowest BCUT2D eigenvalue weighted by molar-refractivity contribution is 0.607. The van der Waals surface area contributed by atoms with Crippen LogP contribution in [0.25, 0.3) is 0 Å². The number of aryl methyl sites for hydroxylation is 1. The molecule has 1 fully saturated rings. The van der Waals surface area contributed by atoms with Gasteiger partial charge in [-0.25, -0.2) is 9.97 Å². The molecule has 1 saturated carbocycles. The highest BCUT2D eigenvalue weighted by molar-refractivity contribution is 5.37. The molecule has 1 aliphatic rings. The van der Waals surface area contributed by atoms with E-state index >= 15 is 0 Å². The third kappa shape index (κ3) is 2.76. The average molecular weight is 233 g/mol. The number of anilines is 1. The van der Waals surface area contributed by atoms with Gasteiger partial charge in [0, 0.05) is 24.2 Å². The summed E-state index contributed by atoms with van der Waals surface area (Å²) in [4.78, 5) is 9.32. The summed E-state index contributed by atoms with van der Waals surface area (Å²) < 4.78 is 0. The molecule has 0 spiro atoms. The number of nitrogens with zero attached hydrogens (tertiary/aromatic N) is 2. The first-order valence-electron chi connectivity index (χ1n) is 6.68. The van der Waals surface area contributed by atoms with Crippen LogP contribution in [0.15, 0.2) is 6.07 Å². The van der Waals surface area contributed by atoms with Crippen molar-refractivity contribution in [1.82, 2.24) is 9.97 Å². The van der Waals surface area contributed by atoms with Crippen LogP contribution in [0.3, 0.4) is 0 Å². The molecule has 0 amide bonds. The van der Waals surface area contributed by atoms with Gasteiger partial charge in [-0.3, -0.25) is 0 Å². The van der Waals surface area contributed by atoms with Gasteiger partial charge in [0.05, 0.1) is 0 Å². The molecule has 3 nitrogen and oxygen atoms in total. The van der Waals surface area contributed by atoms with Gasteiger partial charge in [0.1, 0.15) is 11.6 Å². The van der Waals surface area contributed by atoms with Crippen LogP contribution < -0.4 is 5.32 Å². The Morgan fingerprint density at radius 2 is 2.06 bits per heavy atom. The summed E-state index contributed by atoms with van der Waals surface area (Å²) in [5.74, 6) is 2.58. The second-order valence-electron chi connectivity index (χ2n) is 5.63. The topological polar surface area (TPSA) is 37.8 Å². The molecule has 1 unspecified atom stereocenters. The van der Waals surface area contributed by atoms with Crippen molar-refractivity contribution in [2.45, 2.75) is 52.9 Å². The molecule has 94 valence electrons. The molecule has 1 heterocycles. The Bertz CT molecular complexity index is 398. The van der Waals surface area contributed by atoms with Crippen LogP contribution in [-0.2, 0) is 6.42 Å². The maximum atomic E-state index is 4.67. The highest BCUT2D eigenvalue weighted by Gasteiger charge is 2.48. The molecule has 1 aliphatic carbocycles. The van der Waals surface area contributed by atoms with Crippen LogP contribution in [0.1, 0.15) is 58.0 Å². The predicted octanol–water partition coefficient (Wildman–Crippen LogP) is 3.37. The molecule has 1 atom stereocenters. The van der Waals surface area contributed by atoms with E-state index in [0.29, 0.717) is 11.3 Å². The summed E-state index contributed by atoms with van der Waals surface area (Å²) >= 11 is 0. The van der Waals surface area contributed by atoms with Crippen molar-refractivity contribution in [2.24, 2.45) is 5.41 Å². The number of rotatable bonds is 5. The van der Waals surface area contributed by atoms with E-state index in [-0.39, 0.29) is 0 Å². The van der Waals surface area contributed by atoms with Crippen molar-refractivity contribution in [1.29, 1.82) is 0 Å². The van der Waals surface area contributed by atoms with E-state index in [1.165, 1.54) is 6.42 Å². The Kier molecular flexibility index (Phi) is 3.36. The number of hydrogen-bond acceptors (Lipinski definition) is 3. The minimum absolute atomic E-state index is 0.397. The molecule has 0 bridgehead atoms. The summed E-state index contributed by atoms with van der Waals surface area (Å²) in [6.45, 7) is 9.87. The molecule has 1 aromatic rings. The van der Waals surface area contributed by atoms with Crippen LogP contribution in [0.2, 0.25) is 0 Å². The summed E-state index contributed by atoms with van der Waals surface area (Å²) in [5, 5.41) is 3.37. The lowest BCUT2D eigenvalue weighted by Crippen LogP contribution is -2.07. The van der Waals surface area contributed by atoms with Crippen LogP contribution in [0, 0.1) is 5.41 Å². The zero-order valence-corrected chi connectivity index (χ0v) is 11.4. The van der Waals surface area contributed by atoms with Gasteiger partial charge in [0.25, 0.3) is 0 Å². The van der Waals surface area contributed by atoms with Crippen molar-refractivity contribution < 1.29 is 0 Å². The van der Waals surface area contributed by atoms with E-state index in [9.17, 15) is 0 Å². The highest BCUT2D eigenvalue weighted by Crippen LogP contribution is 2.57. The van der Waals surface area contributed by atoms with Crippen LogP contribution in [0.4, 0.5) is 5.82 Å². The standard InChI is InChI=1S/C14H23N3/c1-5-7-15-12-8-10(6-2)16-13(17-12)11-9-14(11,3)4/h8,11H,5-7,9H2,1-4H3,(H,15,16,17). The first-order chi connectivity index (χ1) is 8.06. The molecule has 17 heavy (non-hydrogen) atoms. The first kappa shape index (κ1) is 12.3. The highest BCUT2D eigenvalue weighted by atomic mass is 15.0. The van der Waals surface area contributed by atoms with Gasteiger partial charge in [0.15, 0.2) is 0 Å². The minimum Gasteiger partial charge on any atom is -0.370 e. The van der Waals surface area contributed by atoms with Crippen molar-refractivity contribution in [3.8, 4) is 0 Å².